The number of hydrogen-bond acceptors (Lipinski definition) is 6. The predicted octanol–water partition coefficient (Wildman–Crippen LogP) is 4.54. The minimum atomic E-state index is -0.0980. The Kier molecular flexibility index (Phi) is 7.32. The van der Waals surface area contributed by atoms with E-state index in [0.717, 1.165) is 17.1 Å². The Balaban J connectivity index is 1.55. The third-order valence-corrected chi connectivity index (χ3v) is 5.40. The lowest BCUT2D eigenvalue weighted by Crippen LogP contribution is -2.27. The van der Waals surface area contributed by atoms with Gasteiger partial charge in [0.05, 0.1) is 12.0 Å². The zero-order valence-corrected chi connectivity index (χ0v) is 17.6. The number of amides is 1. The average Bonchev–Trinajstić information content (AvgIpc) is 2.99. The second-order valence-corrected chi connectivity index (χ2v) is 7.70. The van der Waals surface area contributed by atoms with Crippen LogP contribution in [0.1, 0.15) is 5.56 Å². The quantitative estimate of drug-likeness (QED) is 0.253. The van der Waals surface area contributed by atoms with Crippen LogP contribution in [0, 0.1) is 0 Å². The summed E-state index contributed by atoms with van der Waals surface area (Å²) in [5, 5.41) is 0. The number of hydrogen-bond donors (Lipinski definition) is 0. The first-order chi connectivity index (χ1) is 14.1. The molecule has 0 N–H and O–H groups in total. The number of benzene rings is 2. The van der Waals surface area contributed by atoms with Crippen molar-refractivity contribution in [1.29, 1.82) is 0 Å². The number of carbonyl (C=O) groups excluding carboxylic acids is 1. The van der Waals surface area contributed by atoms with Gasteiger partial charge in [0.1, 0.15) is 34.8 Å². The van der Waals surface area contributed by atoms with E-state index in [1.54, 1.807) is 13.2 Å². The van der Waals surface area contributed by atoms with Crippen molar-refractivity contribution in [1.82, 2.24) is 4.90 Å². The lowest BCUT2D eigenvalue weighted by Gasteiger charge is -2.10. The molecule has 29 heavy (non-hydrogen) atoms. The van der Waals surface area contributed by atoms with Gasteiger partial charge < -0.3 is 14.2 Å². The Morgan fingerprint density at radius 2 is 1.76 bits per heavy atom. The maximum Gasteiger partial charge on any atom is 0.266 e. The van der Waals surface area contributed by atoms with Crippen LogP contribution in [0.2, 0.25) is 0 Å². The summed E-state index contributed by atoms with van der Waals surface area (Å²) in [5.74, 6) is 2.15. The molecule has 0 atom stereocenters. The molecule has 0 spiro atoms. The van der Waals surface area contributed by atoms with Gasteiger partial charge >= 0.3 is 0 Å². The molecule has 1 fully saturated rings. The molecule has 1 amide bonds. The molecule has 0 aromatic heterocycles. The molecule has 7 heteroatoms. The summed E-state index contributed by atoms with van der Waals surface area (Å²) < 4.78 is 17.1. The van der Waals surface area contributed by atoms with Gasteiger partial charge in [-0.1, -0.05) is 42.2 Å². The topological polar surface area (TPSA) is 48.0 Å². The standard InChI is InChI=1S/C22H21NO4S2/c1-3-11-23-21(24)20(29-22(23)28)15-16-5-4-6-19(14-16)27-13-12-26-18-9-7-17(25-2)8-10-18/h3-10,14-15H,1,11-13H2,2H3/b20-15-. The van der Waals surface area contributed by atoms with Crippen LogP contribution in [0.4, 0.5) is 0 Å². The van der Waals surface area contributed by atoms with E-state index in [9.17, 15) is 4.79 Å². The highest BCUT2D eigenvalue weighted by molar-refractivity contribution is 8.26. The van der Waals surface area contributed by atoms with Crippen LogP contribution in [0.25, 0.3) is 6.08 Å². The minimum absolute atomic E-state index is 0.0980. The highest BCUT2D eigenvalue weighted by atomic mass is 32.2. The molecule has 150 valence electrons. The number of thioether (sulfide) groups is 1. The van der Waals surface area contributed by atoms with Crippen molar-refractivity contribution in [2.75, 3.05) is 26.9 Å². The van der Waals surface area contributed by atoms with Gasteiger partial charge in [-0.3, -0.25) is 9.69 Å². The molecule has 2 aromatic carbocycles. The fraction of sp³-hybridized carbons (Fsp3) is 0.182. The van der Waals surface area contributed by atoms with Crippen molar-refractivity contribution in [2.45, 2.75) is 0 Å². The summed E-state index contributed by atoms with van der Waals surface area (Å²) in [7, 11) is 1.63. The van der Waals surface area contributed by atoms with Crippen molar-refractivity contribution in [2.24, 2.45) is 0 Å². The van der Waals surface area contributed by atoms with Gasteiger partial charge in [-0.25, -0.2) is 0 Å². The summed E-state index contributed by atoms with van der Waals surface area (Å²) in [5.41, 5.74) is 0.873. The van der Waals surface area contributed by atoms with Gasteiger partial charge in [0.25, 0.3) is 5.91 Å². The first-order valence-electron chi connectivity index (χ1n) is 8.96. The van der Waals surface area contributed by atoms with Gasteiger partial charge in [-0.15, -0.1) is 6.58 Å². The zero-order chi connectivity index (χ0) is 20.6. The molecule has 0 bridgehead atoms. The van der Waals surface area contributed by atoms with E-state index >= 15 is 0 Å². The Morgan fingerprint density at radius 1 is 1.07 bits per heavy atom. The van der Waals surface area contributed by atoms with Crippen LogP contribution in [0.5, 0.6) is 17.2 Å². The Bertz CT molecular complexity index is 925. The predicted molar refractivity (Wildman–Crippen MR) is 121 cm³/mol. The summed E-state index contributed by atoms with van der Waals surface area (Å²) in [6.07, 6.45) is 3.49. The monoisotopic (exact) mass is 427 g/mol. The average molecular weight is 428 g/mol. The van der Waals surface area contributed by atoms with Crippen molar-refractivity contribution in [3.05, 3.63) is 71.7 Å². The fourth-order valence-electron chi connectivity index (χ4n) is 2.62. The third-order valence-electron chi connectivity index (χ3n) is 4.02. The Morgan fingerprint density at radius 3 is 2.45 bits per heavy atom. The van der Waals surface area contributed by atoms with Crippen LogP contribution >= 0.6 is 24.0 Å². The molecule has 0 unspecified atom stereocenters. The fourth-order valence-corrected chi connectivity index (χ4v) is 3.90. The van der Waals surface area contributed by atoms with E-state index in [1.807, 2.05) is 54.6 Å². The third kappa shape index (κ3) is 5.62. The van der Waals surface area contributed by atoms with Crippen molar-refractivity contribution < 1.29 is 19.0 Å². The maximum atomic E-state index is 12.4. The van der Waals surface area contributed by atoms with E-state index in [1.165, 1.54) is 16.7 Å². The highest BCUT2D eigenvalue weighted by Crippen LogP contribution is 2.32. The normalized spacial score (nSPS) is 14.9. The van der Waals surface area contributed by atoms with E-state index in [2.05, 4.69) is 6.58 Å². The number of methoxy groups -OCH3 is 1. The lowest BCUT2D eigenvalue weighted by atomic mass is 10.2. The molecule has 1 saturated heterocycles. The number of rotatable bonds is 9. The second-order valence-electron chi connectivity index (χ2n) is 6.03. The Labute approximate surface area is 179 Å². The molecular formula is C22H21NO4S2. The smallest absolute Gasteiger partial charge is 0.266 e. The molecule has 0 saturated carbocycles. The molecule has 5 nitrogen and oxygen atoms in total. The minimum Gasteiger partial charge on any atom is -0.497 e. The molecule has 1 aliphatic rings. The number of carbonyl (C=O) groups is 1. The van der Waals surface area contributed by atoms with Crippen molar-refractivity contribution in [3.63, 3.8) is 0 Å². The summed E-state index contributed by atoms with van der Waals surface area (Å²) >= 11 is 6.56. The Hall–Kier alpha value is -2.77. The van der Waals surface area contributed by atoms with E-state index in [4.69, 9.17) is 26.4 Å². The molecule has 3 rings (SSSR count). The summed E-state index contributed by atoms with van der Waals surface area (Å²) in [4.78, 5) is 14.6. The lowest BCUT2D eigenvalue weighted by molar-refractivity contribution is -0.121. The van der Waals surface area contributed by atoms with Crippen LogP contribution in [0.3, 0.4) is 0 Å². The largest absolute Gasteiger partial charge is 0.497 e. The molecule has 0 radical (unpaired) electrons. The SMILES string of the molecule is C=CCN1C(=O)/C(=C/c2cccc(OCCOc3ccc(OC)cc3)c2)SC1=S. The van der Waals surface area contributed by atoms with Gasteiger partial charge in [-0.05, 0) is 48.0 Å². The number of nitrogens with zero attached hydrogens (tertiary/aromatic N) is 1. The summed E-state index contributed by atoms with van der Waals surface area (Å²) in [6, 6.07) is 14.9. The first-order valence-corrected chi connectivity index (χ1v) is 10.2. The summed E-state index contributed by atoms with van der Waals surface area (Å²) in [6.45, 7) is 4.89. The molecule has 2 aromatic rings. The van der Waals surface area contributed by atoms with E-state index in [0.29, 0.717) is 34.7 Å². The van der Waals surface area contributed by atoms with Gasteiger partial charge in [-0.2, -0.15) is 0 Å². The van der Waals surface area contributed by atoms with Crippen LogP contribution in [-0.2, 0) is 4.79 Å². The second kappa shape index (κ2) is 10.1. The van der Waals surface area contributed by atoms with E-state index < -0.39 is 0 Å². The van der Waals surface area contributed by atoms with Crippen LogP contribution in [0.15, 0.2) is 66.1 Å². The first kappa shape index (κ1) is 21.0. The van der Waals surface area contributed by atoms with Crippen LogP contribution in [-0.4, -0.2) is 42.0 Å². The molecular weight excluding hydrogens is 406 g/mol. The van der Waals surface area contributed by atoms with Crippen LogP contribution < -0.4 is 14.2 Å². The van der Waals surface area contributed by atoms with Gasteiger partial charge in [0.15, 0.2) is 0 Å². The highest BCUT2D eigenvalue weighted by Gasteiger charge is 2.30. The molecule has 0 aliphatic carbocycles. The van der Waals surface area contributed by atoms with Crippen molar-refractivity contribution >= 4 is 40.3 Å². The molecule has 1 heterocycles. The maximum absolute atomic E-state index is 12.4. The van der Waals surface area contributed by atoms with Crippen molar-refractivity contribution in [3.8, 4) is 17.2 Å². The zero-order valence-electron chi connectivity index (χ0n) is 16.0. The van der Waals surface area contributed by atoms with Gasteiger partial charge in [0.2, 0.25) is 0 Å². The van der Waals surface area contributed by atoms with E-state index in [-0.39, 0.29) is 5.91 Å². The number of thiocarbonyl (C=S) groups is 1. The molecule has 1 aliphatic heterocycles. The van der Waals surface area contributed by atoms with Gasteiger partial charge in [0, 0.05) is 6.54 Å². The number of ether oxygens (including phenoxy) is 3.